The van der Waals surface area contributed by atoms with Crippen molar-refractivity contribution in [2.45, 2.75) is 13.8 Å². The summed E-state index contributed by atoms with van der Waals surface area (Å²) in [5.41, 5.74) is 0.537. The average molecular weight is 256 g/mol. The van der Waals surface area contributed by atoms with Crippen LogP contribution in [0.15, 0.2) is 48.5 Å². The van der Waals surface area contributed by atoms with Gasteiger partial charge in [-0.2, -0.15) is 0 Å². The van der Waals surface area contributed by atoms with Gasteiger partial charge in [-0.1, -0.05) is 18.2 Å². The van der Waals surface area contributed by atoms with E-state index in [0.717, 1.165) is 5.75 Å². The van der Waals surface area contributed by atoms with Crippen molar-refractivity contribution in [3.63, 3.8) is 0 Å². The zero-order chi connectivity index (χ0) is 13.7. The molecule has 0 N–H and O–H groups in total. The van der Waals surface area contributed by atoms with Gasteiger partial charge in [-0.25, -0.2) is 0 Å². The van der Waals surface area contributed by atoms with Gasteiger partial charge in [0, 0.05) is 0 Å². The first-order valence-electron chi connectivity index (χ1n) is 6.21. The minimum Gasteiger partial charge on any atom is -0.493 e. The highest BCUT2D eigenvalue weighted by Gasteiger charge is 2.10. The second-order valence-corrected chi connectivity index (χ2v) is 4.06. The monoisotopic (exact) mass is 256 g/mol. The van der Waals surface area contributed by atoms with Crippen LogP contribution in [-0.2, 0) is 0 Å². The topological polar surface area (TPSA) is 35.5 Å². The number of hydrogen-bond donors (Lipinski definition) is 0. The van der Waals surface area contributed by atoms with E-state index in [9.17, 15) is 4.79 Å². The maximum Gasteiger partial charge on any atom is 0.163 e. The fourth-order valence-electron chi connectivity index (χ4n) is 1.75. The third-order valence-electron chi connectivity index (χ3n) is 2.61. The fourth-order valence-corrected chi connectivity index (χ4v) is 1.75. The zero-order valence-electron chi connectivity index (χ0n) is 11.1. The van der Waals surface area contributed by atoms with Crippen LogP contribution in [0.1, 0.15) is 24.2 Å². The van der Waals surface area contributed by atoms with Crippen LogP contribution in [0.5, 0.6) is 17.2 Å². The number of ketones is 1. The van der Waals surface area contributed by atoms with Gasteiger partial charge in [0.05, 0.1) is 12.2 Å². The first-order chi connectivity index (χ1) is 9.20. The Hall–Kier alpha value is -2.29. The SMILES string of the molecule is CCOc1ccc(Oc2ccccc2)cc1C(C)=O. The highest BCUT2D eigenvalue weighted by atomic mass is 16.5. The van der Waals surface area contributed by atoms with Gasteiger partial charge < -0.3 is 9.47 Å². The quantitative estimate of drug-likeness (QED) is 0.756. The molecule has 0 saturated carbocycles. The van der Waals surface area contributed by atoms with E-state index in [1.54, 1.807) is 18.2 Å². The summed E-state index contributed by atoms with van der Waals surface area (Å²) >= 11 is 0. The summed E-state index contributed by atoms with van der Waals surface area (Å²) < 4.78 is 11.1. The molecule has 0 atom stereocenters. The van der Waals surface area contributed by atoms with Crippen LogP contribution in [0.4, 0.5) is 0 Å². The summed E-state index contributed by atoms with van der Waals surface area (Å²) in [4.78, 5) is 11.6. The molecule has 0 aromatic heterocycles. The Balaban J connectivity index is 2.28. The molecule has 0 heterocycles. The molecule has 0 amide bonds. The molecular formula is C16H16O3. The molecule has 0 saturated heterocycles. The number of ether oxygens (including phenoxy) is 2. The molecule has 0 fully saturated rings. The van der Waals surface area contributed by atoms with Crippen LogP contribution in [0, 0.1) is 0 Å². The van der Waals surface area contributed by atoms with E-state index in [1.165, 1.54) is 6.92 Å². The van der Waals surface area contributed by atoms with Crippen molar-refractivity contribution in [3.8, 4) is 17.2 Å². The maximum absolute atomic E-state index is 11.6. The molecule has 98 valence electrons. The summed E-state index contributed by atoms with van der Waals surface area (Å²) in [7, 11) is 0. The van der Waals surface area contributed by atoms with Crippen LogP contribution in [-0.4, -0.2) is 12.4 Å². The predicted molar refractivity (Wildman–Crippen MR) is 74.1 cm³/mol. The molecule has 0 unspecified atom stereocenters. The molecule has 0 spiro atoms. The lowest BCUT2D eigenvalue weighted by atomic mass is 10.1. The Labute approximate surface area is 112 Å². The predicted octanol–water partition coefficient (Wildman–Crippen LogP) is 4.08. The van der Waals surface area contributed by atoms with Crippen molar-refractivity contribution in [2.75, 3.05) is 6.61 Å². The number of rotatable bonds is 5. The Bertz CT molecular complexity index is 561. The van der Waals surface area contributed by atoms with Crippen molar-refractivity contribution in [3.05, 3.63) is 54.1 Å². The van der Waals surface area contributed by atoms with E-state index in [1.807, 2.05) is 37.3 Å². The van der Waals surface area contributed by atoms with Crippen LogP contribution < -0.4 is 9.47 Å². The molecule has 2 rings (SSSR count). The summed E-state index contributed by atoms with van der Waals surface area (Å²) in [6, 6.07) is 14.7. The lowest BCUT2D eigenvalue weighted by Gasteiger charge is -2.11. The molecule has 0 bridgehead atoms. The molecule has 19 heavy (non-hydrogen) atoms. The Kier molecular flexibility index (Phi) is 4.18. The summed E-state index contributed by atoms with van der Waals surface area (Å²) in [5, 5.41) is 0. The van der Waals surface area contributed by atoms with E-state index in [4.69, 9.17) is 9.47 Å². The van der Waals surface area contributed by atoms with Gasteiger partial charge in [0.2, 0.25) is 0 Å². The molecular weight excluding hydrogens is 240 g/mol. The van der Waals surface area contributed by atoms with E-state index in [0.29, 0.717) is 23.7 Å². The molecule has 0 aliphatic heterocycles. The third kappa shape index (κ3) is 3.35. The van der Waals surface area contributed by atoms with E-state index in [-0.39, 0.29) is 5.78 Å². The number of hydrogen-bond acceptors (Lipinski definition) is 3. The first kappa shape index (κ1) is 13.1. The lowest BCUT2D eigenvalue weighted by molar-refractivity contribution is 0.101. The normalized spacial score (nSPS) is 10.0. The highest BCUT2D eigenvalue weighted by Crippen LogP contribution is 2.28. The minimum atomic E-state index is -0.0399. The highest BCUT2D eigenvalue weighted by molar-refractivity contribution is 5.97. The van der Waals surface area contributed by atoms with Crippen LogP contribution >= 0.6 is 0 Å². The third-order valence-corrected chi connectivity index (χ3v) is 2.61. The average Bonchev–Trinajstić information content (AvgIpc) is 2.42. The maximum atomic E-state index is 11.6. The van der Waals surface area contributed by atoms with Gasteiger partial charge in [-0.3, -0.25) is 4.79 Å². The lowest BCUT2D eigenvalue weighted by Crippen LogP contribution is -2.01. The Morgan fingerprint density at radius 2 is 1.79 bits per heavy atom. The number of carbonyl (C=O) groups is 1. The van der Waals surface area contributed by atoms with Gasteiger partial charge in [-0.05, 0) is 44.2 Å². The van der Waals surface area contributed by atoms with Gasteiger partial charge in [0.15, 0.2) is 5.78 Å². The van der Waals surface area contributed by atoms with Gasteiger partial charge in [0.25, 0.3) is 0 Å². The summed E-state index contributed by atoms with van der Waals surface area (Å²) in [5.74, 6) is 1.92. The molecule has 0 radical (unpaired) electrons. The summed E-state index contributed by atoms with van der Waals surface area (Å²) in [6.07, 6.45) is 0. The first-order valence-corrected chi connectivity index (χ1v) is 6.21. The van der Waals surface area contributed by atoms with Gasteiger partial charge >= 0.3 is 0 Å². The summed E-state index contributed by atoms with van der Waals surface area (Å²) in [6.45, 7) is 3.93. The second kappa shape index (κ2) is 6.05. The van der Waals surface area contributed by atoms with Crippen molar-refractivity contribution in [1.29, 1.82) is 0 Å². The number of carbonyl (C=O) groups excluding carboxylic acids is 1. The minimum absolute atomic E-state index is 0.0399. The number of Topliss-reactive ketones (excluding diaryl/α,β-unsaturated/α-hetero) is 1. The molecule has 0 aliphatic carbocycles. The van der Waals surface area contributed by atoms with E-state index in [2.05, 4.69) is 0 Å². The van der Waals surface area contributed by atoms with Crippen molar-refractivity contribution < 1.29 is 14.3 Å². The van der Waals surface area contributed by atoms with Crippen molar-refractivity contribution in [2.24, 2.45) is 0 Å². The number of benzene rings is 2. The van der Waals surface area contributed by atoms with Crippen LogP contribution in [0.25, 0.3) is 0 Å². The van der Waals surface area contributed by atoms with Gasteiger partial charge in [-0.15, -0.1) is 0 Å². The molecule has 2 aromatic rings. The zero-order valence-corrected chi connectivity index (χ0v) is 11.1. The fraction of sp³-hybridized carbons (Fsp3) is 0.188. The molecule has 3 nitrogen and oxygen atoms in total. The standard InChI is InChI=1S/C16H16O3/c1-3-18-16-10-9-14(11-15(16)12(2)17)19-13-7-5-4-6-8-13/h4-11H,3H2,1-2H3. The second-order valence-electron chi connectivity index (χ2n) is 4.06. The van der Waals surface area contributed by atoms with E-state index >= 15 is 0 Å². The van der Waals surface area contributed by atoms with Crippen molar-refractivity contribution in [1.82, 2.24) is 0 Å². The number of para-hydroxylation sites is 1. The largest absolute Gasteiger partial charge is 0.493 e. The van der Waals surface area contributed by atoms with Crippen LogP contribution in [0.3, 0.4) is 0 Å². The van der Waals surface area contributed by atoms with Gasteiger partial charge in [0.1, 0.15) is 17.2 Å². The Morgan fingerprint density at radius 1 is 1.05 bits per heavy atom. The smallest absolute Gasteiger partial charge is 0.163 e. The van der Waals surface area contributed by atoms with Crippen LogP contribution in [0.2, 0.25) is 0 Å². The Morgan fingerprint density at radius 3 is 2.42 bits per heavy atom. The molecule has 0 aliphatic rings. The van der Waals surface area contributed by atoms with E-state index < -0.39 is 0 Å². The molecule has 3 heteroatoms. The van der Waals surface area contributed by atoms with Crippen molar-refractivity contribution >= 4 is 5.78 Å². The molecule has 2 aromatic carbocycles.